The summed E-state index contributed by atoms with van der Waals surface area (Å²) in [7, 11) is 0. The Morgan fingerprint density at radius 1 is 0.366 bits per heavy atom. The van der Waals surface area contributed by atoms with Crippen LogP contribution in [0.3, 0.4) is 0 Å². The van der Waals surface area contributed by atoms with E-state index >= 15 is 0 Å². The molecule has 3 heteroatoms. The van der Waals surface area contributed by atoms with Crippen molar-refractivity contribution in [2.24, 2.45) is 0 Å². The van der Waals surface area contributed by atoms with E-state index in [1.807, 2.05) is 0 Å². The van der Waals surface area contributed by atoms with Crippen molar-refractivity contribution in [1.29, 1.82) is 0 Å². The zero-order chi connectivity index (χ0) is 30.5. The third-order valence-corrected chi connectivity index (χ3v) is 8.48. The number of rotatable bonds is 33. The van der Waals surface area contributed by atoms with Gasteiger partial charge in [-0.05, 0) is 38.9 Å². The summed E-state index contributed by atoms with van der Waals surface area (Å²) in [6.45, 7) is 12.1. The van der Waals surface area contributed by atoms with E-state index in [0.717, 1.165) is 6.92 Å². The molecule has 3 nitrogen and oxygen atoms in total. The zero-order valence-electron chi connectivity index (χ0n) is 29.1. The van der Waals surface area contributed by atoms with E-state index in [1.165, 1.54) is 212 Å². The second-order valence-corrected chi connectivity index (χ2v) is 12.9. The Kier molecular flexibility index (Phi) is 40.9. The maximum Gasteiger partial charge on any atom is 0.300 e. The van der Waals surface area contributed by atoms with Crippen LogP contribution in [-0.2, 0) is 4.79 Å². The van der Waals surface area contributed by atoms with Crippen molar-refractivity contribution in [3.05, 3.63) is 0 Å². The van der Waals surface area contributed by atoms with Gasteiger partial charge in [-0.2, -0.15) is 0 Å². The van der Waals surface area contributed by atoms with Gasteiger partial charge in [0.1, 0.15) is 0 Å². The van der Waals surface area contributed by atoms with Crippen LogP contribution in [0.4, 0.5) is 0 Å². The lowest BCUT2D eigenvalue weighted by molar-refractivity contribution is -0.134. The smallest absolute Gasteiger partial charge is 0.300 e. The van der Waals surface area contributed by atoms with Gasteiger partial charge in [0.25, 0.3) is 5.97 Å². The molecule has 0 amide bonds. The summed E-state index contributed by atoms with van der Waals surface area (Å²) in [5.41, 5.74) is 0. The first-order valence-electron chi connectivity index (χ1n) is 19.0. The third-order valence-electron chi connectivity index (χ3n) is 8.48. The van der Waals surface area contributed by atoms with Gasteiger partial charge in [0.2, 0.25) is 0 Å². The van der Waals surface area contributed by atoms with Crippen molar-refractivity contribution in [2.45, 2.75) is 220 Å². The van der Waals surface area contributed by atoms with Gasteiger partial charge in [-0.15, -0.1) is 0 Å². The second-order valence-electron chi connectivity index (χ2n) is 12.9. The lowest BCUT2D eigenvalue weighted by Crippen LogP contribution is -2.27. The van der Waals surface area contributed by atoms with Crippen LogP contribution in [0.5, 0.6) is 0 Å². The summed E-state index contributed by atoms with van der Waals surface area (Å²) >= 11 is 0. The van der Waals surface area contributed by atoms with Gasteiger partial charge in [0.05, 0.1) is 0 Å². The van der Waals surface area contributed by atoms with Crippen molar-refractivity contribution in [3.63, 3.8) is 0 Å². The number of hydrogen-bond acceptors (Lipinski definition) is 2. The van der Waals surface area contributed by atoms with E-state index in [0.29, 0.717) is 0 Å². The van der Waals surface area contributed by atoms with Crippen LogP contribution in [0.2, 0.25) is 0 Å². The molecular formula is C38H79NO2. The van der Waals surface area contributed by atoms with Gasteiger partial charge in [0.15, 0.2) is 0 Å². The van der Waals surface area contributed by atoms with E-state index in [2.05, 4.69) is 25.7 Å². The molecule has 0 aromatic rings. The molecule has 0 rings (SSSR count). The first kappa shape index (κ1) is 42.6. The number of aliphatic carboxylic acids is 1. The van der Waals surface area contributed by atoms with Gasteiger partial charge >= 0.3 is 0 Å². The lowest BCUT2D eigenvalue weighted by Gasteiger charge is -2.22. The fourth-order valence-electron chi connectivity index (χ4n) is 5.80. The van der Waals surface area contributed by atoms with E-state index in [9.17, 15) is 0 Å². The minimum atomic E-state index is -0.833. The van der Waals surface area contributed by atoms with Crippen molar-refractivity contribution < 1.29 is 9.90 Å². The van der Waals surface area contributed by atoms with E-state index in [4.69, 9.17) is 9.90 Å². The molecule has 0 aromatic carbocycles. The second kappa shape index (κ2) is 39.4. The summed E-state index contributed by atoms with van der Waals surface area (Å²) in [5.74, 6) is -0.833. The summed E-state index contributed by atoms with van der Waals surface area (Å²) in [6, 6.07) is 0. The predicted octanol–water partition coefficient (Wildman–Crippen LogP) is 13.1. The Balaban J connectivity index is 0. The highest BCUT2D eigenvalue weighted by Gasteiger charge is 2.05. The Labute approximate surface area is 260 Å². The van der Waals surface area contributed by atoms with Crippen LogP contribution in [-0.4, -0.2) is 35.6 Å². The van der Waals surface area contributed by atoms with E-state index in [1.54, 1.807) is 0 Å². The van der Waals surface area contributed by atoms with E-state index in [-0.39, 0.29) is 0 Å². The fourth-order valence-corrected chi connectivity index (χ4v) is 5.80. The maximum atomic E-state index is 9.00. The predicted molar refractivity (Wildman–Crippen MR) is 185 cm³/mol. The Bertz CT molecular complexity index is 406. The molecule has 0 heterocycles. The molecule has 0 aliphatic rings. The summed E-state index contributed by atoms with van der Waals surface area (Å²) in [4.78, 5) is 11.8. The average Bonchev–Trinajstić information content (AvgIpc) is 2.95. The fraction of sp³-hybridized carbons (Fsp3) is 0.974. The van der Waals surface area contributed by atoms with Gasteiger partial charge in [0, 0.05) is 6.92 Å². The minimum Gasteiger partial charge on any atom is -0.481 e. The summed E-state index contributed by atoms with van der Waals surface area (Å²) < 4.78 is 0. The van der Waals surface area contributed by atoms with Crippen LogP contribution in [0.25, 0.3) is 0 Å². The lowest BCUT2D eigenvalue weighted by atomic mass is 10.1. The highest BCUT2D eigenvalue weighted by Crippen LogP contribution is 2.14. The van der Waals surface area contributed by atoms with Crippen LogP contribution in [0.1, 0.15) is 220 Å². The number of nitrogens with zero attached hydrogens (tertiary/aromatic N) is 1. The average molecular weight is 582 g/mol. The molecule has 0 saturated carbocycles. The molecule has 0 fully saturated rings. The molecule has 0 unspecified atom stereocenters. The summed E-state index contributed by atoms with van der Waals surface area (Å²) in [5, 5.41) is 7.42. The molecule has 0 aromatic heterocycles. The summed E-state index contributed by atoms with van der Waals surface area (Å²) in [6.07, 6.45) is 43.6. The zero-order valence-corrected chi connectivity index (χ0v) is 29.1. The van der Waals surface area contributed by atoms with Crippen molar-refractivity contribution in [1.82, 2.24) is 4.90 Å². The monoisotopic (exact) mass is 582 g/mol. The maximum absolute atomic E-state index is 9.00. The van der Waals surface area contributed by atoms with Crippen LogP contribution >= 0.6 is 0 Å². The molecule has 1 N–H and O–H groups in total. The van der Waals surface area contributed by atoms with Crippen LogP contribution < -0.4 is 0 Å². The topological polar surface area (TPSA) is 40.5 Å². The van der Waals surface area contributed by atoms with Crippen molar-refractivity contribution in [3.8, 4) is 0 Å². The number of carboxylic acid groups (broad SMARTS) is 1. The minimum absolute atomic E-state index is 0.833. The van der Waals surface area contributed by atoms with Crippen molar-refractivity contribution in [2.75, 3.05) is 19.6 Å². The van der Waals surface area contributed by atoms with Crippen LogP contribution in [0, 0.1) is 0 Å². The molecule has 248 valence electrons. The van der Waals surface area contributed by atoms with Gasteiger partial charge < -0.3 is 10.0 Å². The Morgan fingerprint density at radius 3 is 0.683 bits per heavy atom. The first-order valence-corrected chi connectivity index (χ1v) is 19.0. The van der Waals surface area contributed by atoms with Crippen molar-refractivity contribution >= 4 is 5.97 Å². The van der Waals surface area contributed by atoms with Gasteiger partial charge in [-0.1, -0.05) is 194 Å². The largest absolute Gasteiger partial charge is 0.481 e. The Morgan fingerprint density at radius 2 is 0.512 bits per heavy atom. The van der Waals surface area contributed by atoms with Gasteiger partial charge in [-0.25, -0.2) is 0 Å². The normalized spacial score (nSPS) is 11.1. The molecule has 0 aliphatic heterocycles. The molecule has 0 spiro atoms. The number of unbranched alkanes of at least 4 members (excludes halogenated alkanes) is 27. The highest BCUT2D eigenvalue weighted by molar-refractivity contribution is 5.62. The molecule has 0 aliphatic carbocycles. The molecule has 0 saturated heterocycles. The molecule has 0 radical (unpaired) electrons. The highest BCUT2D eigenvalue weighted by atomic mass is 16.4. The van der Waals surface area contributed by atoms with Crippen LogP contribution in [0.15, 0.2) is 0 Å². The number of carboxylic acids is 1. The number of carbonyl (C=O) groups is 1. The molecular weight excluding hydrogens is 502 g/mol. The molecule has 0 atom stereocenters. The standard InChI is InChI=1S/C36H75N.C2H4O2/c1-4-7-10-13-16-19-22-25-28-31-34-37(35-32-29-26-23-20-17-14-11-8-5-2)36-33-30-27-24-21-18-15-12-9-6-3;1-2(3)4/h4-36H2,1-3H3;1H3,(H,3,4). The molecule has 0 bridgehead atoms. The van der Waals surface area contributed by atoms with Gasteiger partial charge in [-0.3, -0.25) is 4.79 Å². The third kappa shape index (κ3) is 44.0. The quantitative estimate of drug-likeness (QED) is 0.0783. The SMILES string of the molecule is CC(=O)O.CCCCCCCCCCCCN(CCCCCCCCCCCC)CCCCCCCCCCCC. The first-order chi connectivity index (χ1) is 20.1. The van der Waals surface area contributed by atoms with E-state index < -0.39 is 5.97 Å². The number of hydrogen-bond donors (Lipinski definition) is 1. The Hall–Kier alpha value is -0.570. The molecule has 41 heavy (non-hydrogen) atoms.